The van der Waals surface area contributed by atoms with E-state index in [-0.39, 0.29) is 5.69 Å². The van der Waals surface area contributed by atoms with Gasteiger partial charge >= 0.3 is 5.97 Å². The number of carboxylic acid groups (broad SMARTS) is 1. The van der Waals surface area contributed by atoms with E-state index in [0.29, 0.717) is 0 Å². The number of nitrogens with zero attached hydrogens (tertiary/aromatic N) is 1. The number of carboxylic acids is 1. The molecule has 0 bridgehead atoms. The first-order valence-corrected chi connectivity index (χ1v) is 6.02. The van der Waals surface area contributed by atoms with E-state index < -0.39 is 18.4 Å². The van der Waals surface area contributed by atoms with E-state index in [1.165, 1.54) is 12.3 Å². The Kier molecular flexibility index (Phi) is 6.13. The number of carbonyl (C=O) groups excluding carboxylic acids is 1. The Balaban J connectivity index is 0.000000269. The number of nitrogens with one attached hydrogen (secondary N) is 1. The van der Waals surface area contributed by atoms with Gasteiger partial charge in [-0.1, -0.05) is 18.2 Å². The summed E-state index contributed by atoms with van der Waals surface area (Å²) in [5, 5.41) is 14.6. The lowest BCUT2D eigenvalue weighted by Gasteiger charge is -1.99. The lowest BCUT2D eigenvalue weighted by Crippen LogP contribution is -2.29. The van der Waals surface area contributed by atoms with Gasteiger partial charge in [-0.2, -0.15) is 11.3 Å². The average molecular weight is 264 g/mol. The number of amides is 1. The topological polar surface area (TPSA) is 79.3 Å². The molecule has 94 valence electrons. The number of hydrogen-bond acceptors (Lipinski definition) is 4. The van der Waals surface area contributed by atoms with E-state index in [9.17, 15) is 9.59 Å². The first-order valence-electron chi connectivity index (χ1n) is 5.08. The molecule has 2 N–H and O–H groups in total. The zero-order chi connectivity index (χ0) is 13.2. The summed E-state index contributed by atoms with van der Waals surface area (Å²) in [5.41, 5.74) is 0.212. The molecular weight excluding hydrogens is 252 g/mol. The monoisotopic (exact) mass is 264 g/mol. The Bertz CT molecular complexity index is 454. The van der Waals surface area contributed by atoms with Gasteiger partial charge in [-0.3, -0.25) is 14.6 Å². The lowest BCUT2D eigenvalue weighted by molar-refractivity contribution is -0.135. The fourth-order valence-corrected chi connectivity index (χ4v) is 1.42. The van der Waals surface area contributed by atoms with Crippen molar-refractivity contribution in [3.05, 3.63) is 53.0 Å². The van der Waals surface area contributed by atoms with E-state index in [1.807, 2.05) is 22.9 Å². The normalized spacial score (nSPS) is 8.89. The molecule has 0 radical (unpaired) electrons. The summed E-state index contributed by atoms with van der Waals surface area (Å²) in [4.78, 5) is 25.0. The molecule has 1 amide bonds. The van der Waals surface area contributed by atoms with Gasteiger partial charge in [0, 0.05) is 6.20 Å². The van der Waals surface area contributed by atoms with Gasteiger partial charge in [0.05, 0.1) is 0 Å². The third-order valence-corrected chi connectivity index (χ3v) is 2.35. The highest BCUT2D eigenvalue weighted by molar-refractivity contribution is 7.07. The fraction of sp³-hybridized carbons (Fsp3) is 0.0833. The Morgan fingerprint density at radius 3 is 2.39 bits per heavy atom. The predicted octanol–water partition coefficient (Wildman–Crippen LogP) is 1.64. The lowest BCUT2D eigenvalue weighted by atomic mass is 10.3. The molecule has 6 heteroatoms. The number of rotatable bonds is 3. The molecule has 5 nitrogen and oxygen atoms in total. The molecule has 18 heavy (non-hydrogen) atoms. The summed E-state index contributed by atoms with van der Waals surface area (Å²) in [6.45, 7) is -0.393. The maximum Gasteiger partial charge on any atom is 0.322 e. The third-order valence-electron chi connectivity index (χ3n) is 1.72. The number of hydrogen-bond donors (Lipinski definition) is 2. The highest BCUT2D eigenvalue weighted by Crippen LogP contribution is 1.92. The molecule has 0 saturated heterocycles. The fourth-order valence-electron chi connectivity index (χ4n) is 0.970. The van der Waals surface area contributed by atoms with Crippen molar-refractivity contribution < 1.29 is 14.7 Å². The van der Waals surface area contributed by atoms with Crippen molar-refractivity contribution >= 4 is 23.2 Å². The van der Waals surface area contributed by atoms with Crippen LogP contribution in [0.5, 0.6) is 0 Å². The summed E-state index contributed by atoms with van der Waals surface area (Å²) < 4.78 is 0. The van der Waals surface area contributed by atoms with Gasteiger partial charge in [-0.05, 0) is 22.9 Å². The minimum absolute atomic E-state index is 0.212. The predicted molar refractivity (Wildman–Crippen MR) is 68.5 cm³/mol. The molecule has 0 aromatic carbocycles. The van der Waals surface area contributed by atoms with Crippen LogP contribution in [0.25, 0.3) is 0 Å². The largest absolute Gasteiger partial charge is 0.480 e. The maximum atomic E-state index is 11.1. The second-order valence-corrected chi connectivity index (χ2v) is 3.90. The van der Waals surface area contributed by atoms with Crippen molar-refractivity contribution in [1.29, 1.82) is 0 Å². The second-order valence-electron chi connectivity index (χ2n) is 3.08. The highest BCUT2D eigenvalue weighted by Gasteiger charge is 2.06. The molecule has 2 heterocycles. The average Bonchev–Trinajstić information content (AvgIpc) is 2.96. The molecule has 0 saturated carbocycles. The Morgan fingerprint density at radius 2 is 1.94 bits per heavy atom. The van der Waals surface area contributed by atoms with Crippen LogP contribution in [-0.2, 0) is 4.79 Å². The van der Waals surface area contributed by atoms with Crippen LogP contribution in [0, 0.1) is 0 Å². The van der Waals surface area contributed by atoms with Crippen molar-refractivity contribution in [2.75, 3.05) is 6.54 Å². The third kappa shape index (κ3) is 5.76. The first kappa shape index (κ1) is 13.9. The first-order chi connectivity index (χ1) is 8.70. The molecule has 0 aliphatic heterocycles. The van der Waals surface area contributed by atoms with Crippen LogP contribution >= 0.6 is 11.3 Å². The van der Waals surface area contributed by atoms with Crippen molar-refractivity contribution in [3.63, 3.8) is 0 Å². The summed E-state index contributed by atoms with van der Waals surface area (Å²) in [6.07, 6.45) is 1.47. The minimum atomic E-state index is -1.08. The molecular formula is C12H12N2O3S. The van der Waals surface area contributed by atoms with E-state index in [2.05, 4.69) is 10.3 Å². The van der Waals surface area contributed by atoms with Gasteiger partial charge < -0.3 is 10.4 Å². The molecule has 0 atom stereocenters. The molecule has 0 aliphatic rings. The molecule has 2 aromatic heterocycles. The van der Waals surface area contributed by atoms with Crippen molar-refractivity contribution in [2.24, 2.45) is 0 Å². The minimum Gasteiger partial charge on any atom is -0.480 e. The van der Waals surface area contributed by atoms with Crippen molar-refractivity contribution in [2.45, 2.75) is 0 Å². The summed E-state index contributed by atoms with van der Waals surface area (Å²) in [5.74, 6) is -1.56. The molecule has 0 fully saturated rings. The summed E-state index contributed by atoms with van der Waals surface area (Å²) in [6, 6.07) is 8.88. The molecule has 2 rings (SSSR count). The molecule has 2 aromatic rings. The Morgan fingerprint density at radius 1 is 1.22 bits per heavy atom. The van der Waals surface area contributed by atoms with Crippen LogP contribution in [-0.4, -0.2) is 28.5 Å². The van der Waals surface area contributed by atoms with E-state index >= 15 is 0 Å². The van der Waals surface area contributed by atoms with Gasteiger partial charge in [-0.15, -0.1) is 0 Å². The second kappa shape index (κ2) is 7.97. The van der Waals surface area contributed by atoms with Gasteiger partial charge in [-0.25, -0.2) is 0 Å². The van der Waals surface area contributed by atoms with Crippen molar-refractivity contribution in [3.8, 4) is 0 Å². The van der Waals surface area contributed by atoms with Crippen LogP contribution < -0.4 is 5.32 Å². The number of aromatic nitrogens is 1. The zero-order valence-corrected chi connectivity index (χ0v) is 10.3. The maximum absolute atomic E-state index is 11.1. The molecule has 0 aliphatic carbocycles. The quantitative estimate of drug-likeness (QED) is 0.883. The number of pyridine rings is 1. The van der Waals surface area contributed by atoms with E-state index in [1.54, 1.807) is 23.5 Å². The van der Waals surface area contributed by atoms with Gasteiger partial charge in [0.25, 0.3) is 5.91 Å². The van der Waals surface area contributed by atoms with Crippen LogP contribution in [0.2, 0.25) is 0 Å². The van der Waals surface area contributed by atoms with Crippen LogP contribution in [0.4, 0.5) is 0 Å². The van der Waals surface area contributed by atoms with Crippen LogP contribution in [0.15, 0.2) is 47.3 Å². The Labute approximate surface area is 108 Å². The van der Waals surface area contributed by atoms with E-state index in [4.69, 9.17) is 5.11 Å². The summed E-state index contributed by atoms with van der Waals surface area (Å²) in [7, 11) is 0. The SMILES string of the molecule is O=C(O)CNC(=O)c1ccccn1.c1ccsc1. The van der Waals surface area contributed by atoms with Crippen molar-refractivity contribution in [1.82, 2.24) is 10.3 Å². The smallest absolute Gasteiger partial charge is 0.322 e. The number of thiophene rings is 1. The van der Waals surface area contributed by atoms with E-state index in [0.717, 1.165) is 0 Å². The van der Waals surface area contributed by atoms with Crippen LogP contribution in [0.1, 0.15) is 10.5 Å². The Hall–Kier alpha value is -2.21. The van der Waals surface area contributed by atoms with Gasteiger partial charge in [0.15, 0.2) is 0 Å². The number of aliphatic carboxylic acids is 1. The molecule has 0 unspecified atom stereocenters. The summed E-state index contributed by atoms with van der Waals surface area (Å²) >= 11 is 1.71. The standard InChI is InChI=1S/C8H8N2O3.C4H4S/c11-7(12)5-10-8(13)6-3-1-2-4-9-6;1-2-4-5-3-1/h1-4H,5H2,(H,10,13)(H,11,12);1-4H. The highest BCUT2D eigenvalue weighted by atomic mass is 32.1. The van der Waals surface area contributed by atoms with Gasteiger partial charge in [0.2, 0.25) is 0 Å². The zero-order valence-electron chi connectivity index (χ0n) is 9.45. The van der Waals surface area contributed by atoms with Gasteiger partial charge in [0.1, 0.15) is 12.2 Å². The molecule has 0 spiro atoms. The number of carbonyl (C=O) groups is 2. The van der Waals surface area contributed by atoms with Crippen LogP contribution in [0.3, 0.4) is 0 Å².